The second-order valence-electron chi connectivity index (χ2n) is 7.59. The summed E-state index contributed by atoms with van der Waals surface area (Å²) in [7, 11) is 0. The van der Waals surface area contributed by atoms with Crippen LogP contribution < -0.4 is 10.2 Å². The molecule has 0 spiro atoms. The molecule has 0 atom stereocenters. The number of benzene rings is 1. The zero-order valence-electron chi connectivity index (χ0n) is 15.3. The van der Waals surface area contributed by atoms with Crippen molar-refractivity contribution in [2.75, 3.05) is 18.0 Å². The first-order chi connectivity index (χ1) is 12.7. The van der Waals surface area contributed by atoms with E-state index in [1.807, 2.05) is 12.1 Å². The Kier molecular flexibility index (Phi) is 4.91. The van der Waals surface area contributed by atoms with Gasteiger partial charge in [-0.05, 0) is 68.7 Å². The number of hydrogen-bond acceptors (Lipinski definition) is 5. The third kappa shape index (κ3) is 3.74. The van der Waals surface area contributed by atoms with Crippen LogP contribution in [-0.4, -0.2) is 35.2 Å². The number of rotatable bonds is 4. The molecule has 1 N–H and O–H groups in total. The molecule has 6 heteroatoms. The van der Waals surface area contributed by atoms with Crippen molar-refractivity contribution in [3.8, 4) is 11.4 Å². The van der Waals surface area contributed by atoms with Gasteiger partial charge in [0.05, 0.1) is 0 Å². The van der Waals surface area contributed by atoms with Crippen LogP contribution >= 0.6 is 0 Å². The molecule has 1 aliphatic heterocycles. The van der Waals surface area contributed by atoms with Gasteiger partial charge in [-0.3, -0.25) is 4.79 Å². The van der Waals surface area contributed by atoms with Crippen molar-refractivity contribution >= 4 is 11.6 Å². The first-order valence-electron chi connectivity index (χ1n) is 9.69. The molecule has 2 heterocycles. The molecule has 2 aromatic rings. The Morgan fingerprint density at radius 2 is 1.81 bits per heavy atom. The average Bonchev–Trinajstić information content (AvgIpc) is 3.36. The van der Waals surface area contributed by atoms with Gasteiger partial charge in [0.1, 0.15) is 0 Å². The predicted octanol–water partition coefficient (Wildman–Crippen LogP) is 3.65. The summed E-state index contributed by atoms with van der Waals surface area (Å²) in [5, 5.41) is 7.00. The maximum Gasteiger partial charge on any atom is 0.316 e. The van der Waals surface area contributed by atoms with Crippen molar-refractivity contribution in [3.05, 3.63) is 30.2 Å². The molecule has 1 amide bonds. The highest BCUT2D eigenvalue weighted by Crippen LogP contribution is 2.25. The van der Waals surface area contributed by atoms with Gasteiger partial charge >= 0.3 is 11.8 Å². The Hall–Kier alpha value is -2.37. The van der Waals surface area contributed by atoms with Crippen LogP contribution in [0, 0.1) is 5.92 Å². The fourth-order valence-corrected chi connectivity index (χ4v) is 3.88. The molecule has 1 aromatic heterocycles. The zero-order valence-corrected chi connectivity index (χ0v) is 15.3. The van der Waals surface area contributed by atoms with E-state index in [-0.39, 0.29) is 17.8 Å². The SMILES string of the molecule is CC1CCC(NC(=O)c2nc(-c3ccc(N4CCCC4)cc3)no2)CC1. The van der Waals surface area contributed by atoms with E-state index in [1.54, 1.807) is 0 Å². The van der Waals surface area contributed by atoms with Crippen molar-refractivity contribution in [1.29, 1.82) is 0 Å². The van der Waals surface area contributed by atoms with Crippen molar-refractivity contribution < 1.29 is 9.32 Å². The van der Waals surface area contributed by atoms with E-state index in [2.05, 4.69) is 39.4 Å². The van der Waals surface area contributed by atoms with Gasteiger partial charge in [-0.25, -0.2) is 0 Å². The van der Waals surface area contributed by atoms with E-state index in [9.17, 15) is 4.79 Å². The van der Waals surface area contributed by atoms with Gasteiger partial charge in [-0.1, -0.05) is 12.1 Å². The number of anilines is 1. The average molecular weight is 354 g/mol. The van der Waals surface area contributed by atoms with Crippen LogP contribution in [0.2, 0.25) is 0 Å². The van der Waals surface area contributed by atoms with Crippen LogP contribution in [0.5, 0.6) is 0 Å². The Morgan fingerprint density at radius 3 is 2.50 bits per heavy atom. The van der Waals surface area contributed by atoms with Gasteiger partial charge in [0.15, 0.2) is 0 Å². The summed E-state index contributed by atoms with van der Waals surface area (Å²) in [4.78, 5) is 19.0. The summed E-state index contributed by atoms with van der Waals surface area (Å²) < 4.78 is 5.19. The van der Waals surface area contributed by atoms with Crippen LogP contribution in [0.3, 0.4) is 0 Å². The van der Waals surface area contributed by atoms with Crippen LogP contribution in [-0.2, 0) is 0 Å². The molecule has 6 nitrogen and oxygen atoms in total. The van der Waals surface area contributed by atoms with Crippen LogP contribution in [0.4, 0.5) is 5.69 Å². The Labute approximate surface area is 154 Å². The van der Waals surface area contributed by atoms with E-state index in [0.29, 0.717) is 5.82 Å². The molecule has 0 unspecified atom stereocenters. The van der Waals surface area contributed by atoms with Gasteiger partial charge in [-0.15, -0.1) is 0 Å². The van der Waals surface area contributed by atoms with E-state index >= 15 is 0 Å². The Morgan fingerprint density at radius 1 is 1.12 bits per heavy atom. The van der Waals surface area contributed by atoms with Gasteiger partial charge in [0, 0.05) is 30.4 Å². The number of aromatic nitrogens is 2. The minimum Gasteiger partial charge on any atom is -0.372 e. The lowest BCUT2D eigenvalue weighted by Crippen LogP contribution is -2.37. The van der Waals surface area contributed by atoms with Crippen molar-refractivity contribution in [1.82, 2.24) is 15.5 Å². The largest absolute Gasteiger partial charge is 0.372 e. The lowest BCUT2D eigenvalue weighted by atomic mass is 9.87. The molecule has 4 rings (SSSR count). The third-order valence-electron chi connectivity index (χ3n) is 5.57. The maximum atomic E-state index is 12.4. The number of carbonyl (C=O) groups excluding carboxylic acids is 1. The lowest BCUT2D eigenvalue weighted by molar-refractivity contribution is 0.0878. The summed E-state index contributed by atoms with van der Waals surface area (Å²) >= 11 is 0. The smallest absolute Gasteiger partial charge is 0.316 e. The first kappa shape index (κ1) is 17.1. The molecule has 0 radical (unpaired) electrons. The van der Waals surface area contributed by atoms with Crippen molar-refractivity contribution in [2.45, 2.75) is 51.5 Å². The van der Waals surface area contributed by atoms with Crippen molar-refractivity contribution in [2.24, 2.45) is 5.92 Å². The normalized spacial score (nSPS) is 23.2. The van der Waals surface area contributed by atoms with Crippen LogP contribution in [0.15, 0.2) is 28.8 Å². The fraction of sp³-hybridized carbons (Fsp3) is 0.550. The fourth-order valence-electron chi connectivity index (χ4n) is 3.88. The minimum atomic E-state index is -0.267. The maximum absolute atomic E-state index is 12.4. The number of carbonyl (C=O) groups is 1. The Bertz CT molecular complexity index is 741. The van der Waals surface area contributed by atoms with E-state index in [0.717, 1.165) is 50.3 Å². The number of hydrogen-bond donors (Lipinski definition) is 1. The third-order valence-corrected chi connectivity index (χ3v) is 5.57. The highest BCUT2D eigenvalue weighted by molar-refractivity contribution is 5.90. The highest BCUT2D eigenvalue weighted by Gasteiger charge is 2.23. The van der Waals surface area contributed by atoms with E-state index in [4.69, 9.17) is 4.52 Å². The number of nitrogens with zero attached hydrogens (tertiary/aromatic N) is 3. The summed E-state index contributed by atoms with van der Waals surface area (Å²) in [5.41, 5.74) is 2.08. The minimum absolute atomic E-state index is 0.0437. The van der Waals surface area contributed by atoms with Gasteiger partial charge < -0.3 is 14.7 Å². The van der Waals surface area contributed by atoms with Gasteiger partial charge in [0.2, 0.25) is 5.82 Å². The molecule has 0 bridgehead atoms. The molecule has 2 aliphatic rings. The second-order valence-corrected chi connectivity index (χ2v) is 7.59. The summed E-state index contributed by atoms with van der Waals surface area (Å²) in [5.74, 6) is 0.987. The van der Waals surface area contributed by atoms with Gasteiger partial charge in [-0.2, -0.15) is 4.98 Å². The van der Waals surface area contributed by atoms with E-state index in [1.165, 1.54) is 18.5 Å². The predicted molar refractivity (Wildman–Crippen MR) is 100 cm³/mol. The quantitative estimate of drug-likeness (QED) is 0.907. The number of nitrogens with one attached hydrogen (secondary N) is 1. The molecular weight excluding hydrogens is 328 g/mol. The standard InChI is InChI=1S/C20H26N4O2/c1-14-4-8-16(9-5-14)21-19(25)20-22-18(23-26-20)15-6-10-17(11-7-15)24-12-2-3-13-24/h6-7,10-11,14,16H,2-5,8-9,12-13H2,1H3,(H,21,25). The first-order valence-corrected chi connectivity index (χ1v) is 9.69. The summed E-state index contributed by atoms with van der Waals surface area (Å²) in [6.45, 7) is 4.50. The summed E-state index contributed by atoms with van der Waals surface area (Å²) in [6.07, 6.45) is 6.86. The Balaban J connectivity index is 1.40. The summed E-state index contributed by atoms with van der Waals surface area (Å²) in [6, 6.07) is 8.36. The molecule has 1 aliphatic carbocycles. The molecule has 2 fully saturated rings. The number of amides is 1. The molecule has 1 saturated carbocycles. The van der Waals surface area contributed by atoms with Crippen LogP contribution in [0.25, 0.3) is 11.4 Å². The highest BCUT2D eigenvalue weighted by atomic mass is 16.5. The molecular formula is C20H26N4O2. The molecule has 1 saturated heterocycles. The van der Waals surface area contributed by atoms with Crippen LogP contribution in [0.1, 0.15) is 56.1 Å². The molecule has 1 aromatic carbocycles. The zero-order chi connectivity index (χ0) is 17.9. The van der Waals surface area contributed by atoms with Crippen molar-refractivity contribution in [3.63, 3.8) is 0 Å². The molecule has 26 heavy (non-hydrogen) atoms. The lowest BCUT2D eigenvalue weighted by Gasteiger charge is -2.26. The second kappa shape index (κ2) is 7.48. The van der Waals surface area contributed by atoms with Gasteiger partial charge in [0.25, 0.3) is 0 Å². The molecule has 138 valence electrons. The monoisotopic (exact) mass is 354 g/mol. The van der Waals surface area contributed by atoms with E-state index < -0.39 is 0 Å². The topological polar surface area (TPSA) is 71.3 Å².